The van der Waals surface area contributed by atoms with Crippen LogP contribution in [0.1, 0.15) is 28.2 Å². The topological polar surface area (TPSA) is 89.3 Å². The van der Waals surface area contributed by atoms with Crippen molar-refractivity contribution in [3.8, 4) is 5.69 Å². The number of rotatable bonds is 4. The van der Waals surface area contributed by atoms with Gasteiger partial charge in [-0.25, -0.2) is 4.98 Å². The lowest BCUT2D eigenvalue weighted by molar-refractivity contribution is 0.756. The van der Waals surface area contributed by atoms with Gasteiger partial charge in [0.1, 0.15) is 10.7 Å². The molecule has 3 heterocycles. The Kier molecular flexibility index (Phi) is 4.05. The first kappa shape index (κ1) is 16.6. The van der Waals surface area contributed by atoms with E-state index in [0.29, 0.717) is 16.7 Å². The maximum atomic E-state index is 12.6. The van der Waals surface area contributed by atoms with E-state index in [-0.39, 0.29) is 5.56 Å². The van der Waals surface area contributed by atoms with Crippen LogP contribution in [0.25, 0.3) is 15.9 Å². The van der Waals surface area contributed by atoms with Crippen molar-refractivity contribution in [3.63, 3.8) is 0 Å². The quantitative estimate of drug-likeness (QED) is 0.533. The van der Waals surface area contributed by atoms with Crippen LogP contribution in [0.5, 0.6) is 0 Å². The Hall–Kier alpha value is -2.52. The normalized spacial score (nSPS) is 13.4. The Bertz CT molecular complexity index is 1190. The van der Waals surface area contributed by atoms with Crippen molar-refractivity contribution in [1.29, 1.82) is 0 Å². The van der Waals surface area contributed by atoms with Crippen LogP contribution in [-0.4, -0.2) is 30.2 Å². The highest BCUT2D eigenvalue weighted by Gasteiger charge is 2.21. The lowest BCUT2D eigenvalue weighted by atomic mass is 10.2. The first-order valence-electron chi connectivity index (χ1n) is 8.71. The van der Waals surface area contributed by atoms with Gasteiger partial charge >= 0.3 is 0 Å². The Balaban J connectivity index is 1.42. The number of fused-ring (bicyclic) bond motifs is 3. The highest BCUT2D eigenvalue weighted by molar-refractivity contribution is 7.98. The zero-order valence-electron chi connectivity index (χ0n) is 14.6. The Morgan fingerprint density at radius 2 is 2.11 bits per heavy atom. The standard InChI is InChI=1S/C18H16N6OS2/c1-10-5-7-11(8-6-10)24-18(21-22-23-24)26-9-14-19-16(25)15-12-3-2-4-13(12)27-17(15)20-14/h5-8H,2-4,9H2,1H3,(H,19,20,25). The van der Waals surface area contributed by atoms with Crippen molar-refractivity contribution in [3.05, 3.63) is 56.4 Å². The minimum atomic E-state index is -0.0341. The Labute approximate surface area is 162 Å². The number of benzene rings is 1. The molecule has 9 heteroatoms. The highest BCUT2D eigenvalue weighted by Crippen LogP contribution is 2.34. The second kappa shape index (κ2) is 6.58. The first-order chi connectivity index (χ1) is 13.2. The minimum Gasteiger partial charge on any atom is -0.309 e. The molecule has 0 radical (unpaired) electrons. The van der Waals surface area contributed by atoms with Crippen LogP contribution >= 0.6 is 23.1 Å². The average Bonchev–Trinajstić information content (AvgIpc) is 3.35. The van der Waals surface area contributed by atoms with Crippen LogP contribution in [0.4, 0.5) is 0 Å². The fraction of sp³-hybridized carbons (Fsp3) is 0.278. The molecule has 1 aliphatic rings. The summed E-state index contributed by atoms with van der Waals surface area (Å²) in [5.41, 5.74) is 3.25. The van der Waals surface area contributed by atoms with Crippen LogP contribution in [0.2, 0.25) is 0 Å². The maximum absolute atomic E-state index is 12.6. The number of thioether (sulfide) groups is 1. The van der Waals surface area contributed by atoms with E-state index in [1.165, 1.54) is 27.8 Å². The van der Waals surface area contributed by atoms with Gasteiger partial charge in [-0.2, -0.15) is 4.68 Å². The SMILES string of the molecule is Cc1ccc(-n2nnnc2SCc2nc3sc4c(c3c(=O)[nH]2)CCC4)cc1. The minimum absolute atomic E-state index is 0.0341. The Morgan fingerprint density at radius 1 is 1.26 bits per heavy atom. The zero-order valence-corrected chi connectivity index (χ0v) is 16.2. The highest BCUT2D eigenvalue weighted by atomic mass is 32.2. The van der Waals surface area contributed by atoms with Gasteiger partial charge in [0.25, 0.3) is 5.56 Å². The number of aryl methyl sites for hydroxylation is 3. The molecule has 4 aromatic rings. The van der Waals surface area contributed by atoms with Gasteiger partial charge in [0.05, 0.1) is 16.8 Å². The molecule has 1 N–H and O–H groups in total. The van der Waals surface area contributed by atoms with Crippen molar-refractivity contribution in [2.24, 2.45) is 0 Å². The van der Waals surface area contributed by atoms with Crippen LogP contribution in [-0.2, 0) is 18.6 Å². The van der Waals surface area contributed by atoms with E-state index >= 15 is 0 Å². The monoisotopic (exact) mass is 396 g/mol. The predicted octanol–water partition coefficient (Wildman–Crippen LogP) is 3.05. The van der Waals surface area contributed by atoms with E-state index in [1.807, 2.05) is 31.2 Å². The van der Waals surface area contributed by atoms with Gasteiger partial charge in [-0.05, 0) is 54.3 Å². The molecule has 0 atom stereocenters. The molecule has 0 saturated heterocycles. The summed E-state index contributed by atoms with van der Waals surface area (Å²) in [7, 11) is 0. The first-order valence-corrected chi connectivity index (χ1v) is 10.5. The number of tetrazole rings is 1. The summed E-state index contributed by atoms with van der Waals surface area (Å²) in [5.74, 6) is 1.15. The van der Waals surface area contributed by atoms with Crippen LogP contribution < -0.4 is 5.56 Å². The summed E-state index contributed by atoms with van der Waals surface area (Å²) in [6.45, 7) is 2.04. The van der Waals surface area contributed by atoms with E-state index in [4.69, 9.17) is 0 Å². The van der Waals surface area contributed by atoms with Gasteiger partial charge < -0.3 is 4.98 Å². The fourth-order valence-corrected chi connectivity index (χ4v) is 5.41. The van der Waals surface area contributed by atoms with E-state index in [1.54, 1.807) is 16.0 Å². The molecule has 0 unspecified atom stereocenters. The number of aromatic nitrogens is 6. The second-order valence-electron chi connectivity index (χ2n) is 6.55. The molecule has 1 aromatic carbocycles. The third-order valence-corrected chi connectivity index (χ3v) is 6.80. The van der Waals surface area contributed by atoms with E-state index < -0.39 is 0 Å². The summed E-state index contributed by atoms with van der Waals surface area (Å²) in [6.07, 6.45) is 3.18. The van der Waals surface area contributed by atoms with Gasteiger partial charge in [0.2, 0.25) is 5.16 Å². The summed E-state index contributed by atoms with van der Waals surface area (Å²) in [4.78, 5) is 22.3. The number of thiophene rings is 1. The molecule has 7 nitrogen and oxygen atoms in total. The molecule has 0 bridgehead atoms. The van der Waals surface area contributed by atoms with E-state index in [9.17, 15) is 4.79 Å². The maximum Gasteiger partial charge on any atom is 0.259 e. The molecule has 1 aliphatic carbocycles. The van der Waals surface area contributed by atoms with Crippen LogP contribution in [0, 0.1) is 6.92 Å². The third kappa shape index (κ3) is 2.96. The summed E-state index contributed by atoms with van der Waals surface area (Å²) >= 11 is 3.11. The molecule has 0 spiro atoms. The van der Waals surface area contributed by atoms with Gasteiger partial charge in [-0.3, -0.25) is 4.79 Å². The molecule has 0 saturated carbocycles. The summed E-state index contributed by atoms with van der Waals surface area (Å²) in [5, 5.41) is 13.4. The lowest BCUT2D eigenvalue weighted by Crippen LogP contribution is -2.11. The number of nitrogens with zero attached hydrogens (tertiary/aromatic N) is 5. The van der Waals surface area contributed by atoms with Crippen LogP contribution in [0.3, 0.4) is 0 Å². The molecular formula is C18H16N6OS2. The number of nitrogens with one attached hydrogen (secondary N) is 1. The number of hydrogen-bond donors (Lipinski definition) is 1. The smallest absolute Gasteiger partial charge is 0.259 e. The van der Waals surface area contributed by atoms with Crippen LogP contribution in [0.15, 0.2) is 34.2 Å². The zero-order chi connectivity index (χ0) is 18.4. The molecule has 0 amide bonds. The molecular weight excluding hydrogens is 380 g/mol. The fourth-order valence-electron chi connectivity index (χ4n) is 3.37. The lowest BCUT2D eigenvalue weighted by Gasteiger charge is -2.05. The number of hydrogen-bond acceptors (Lipinski definition) is 7. The molecule has 27 heavy (non-hydrogen) atoms. The predicted molar refractivity (Wildman–Crippen MR) is 106 cm³/mol. The largest absolute Gasteiger partial charge is 0.309 e. The van der Waals surface area contributed by atoms with E-state index in [0.717, 1.165) is 35.2 Å². The van der Waals surface area contributed by atoms with Crippen molar-refractivity contribution in [1.82, 2.24) is 30.2 Å². The van der Waals surface area contributed by atoms with Gasteiger partial charge in [0, 0.05) is 4.88 Å². The summed E-state index contributed by atoms with van der Waals surface area (Å²) in [6, 6.07) is 8.01. The molecule has 5 rings (SSSR count). The van der Waals surface area contributed by atoms with Gasteiger partial charge in [0.15, 0.2) is 0 Å². The van der Waals surface area contributed by atoms with Crippen molar-refractivity contribution < 1.29 is 0 Å². The van der Waals surface area contributed by atoms with Gasteiger partial charge in [-0.1, -0.05) is 29.5 Å². The van der Waals surface area contributed by atoms with E-state index in [2.05, 4.69) is 25.5 Å². The average molecular weight is 397 g/mol. The van der Waals surface area contributed by atoms with Crippen molar-refractivity contribution >= 4 is 33.3 Å². The molecule has 0 aliphatic heterocycles. The van der Waals surface area contributed by atoms with Crippen molar-refractivity contribution in [2.75, 3.05) is 0 Å². The Morgan fingerprint density at radius 3 is 2.96 bits per heavy atom. The van der Waals surface area contributed by atoms with Gasteiger partial charge in [-0.15, -0.1) is 16.4 Å². The third-order valence-electron chi connectivity index (χ3n) is 4.68. The second-order valence-corrected chi connectivity index (χ2v) is 8.57. The summed E-state index contributed by atoms with van der Waals surface area (Å²) < 4.78 is 1.69. The number of aromatic amines is 1. The molecule has 136 valence electrons. The van der Waals surface area contributed by atoms with Crippen molar-refractivity contribution in [2.45, 2.75) is 37.1 Å². The molecule has 0 fully saturated rings. The molecule has 3 aromatic heterocycles. The number of H-pyrrole nitrogens is 1.